The third-order valence-corrected chi connectivity index (χ3v) is 2.79. The van der Waals surface area contributed by atoms with Crippen LogP contribution in [0.5, 0.6) is 0 Å². The maximum Gasteiger partial charge on any atom is 0.148 e. The van der Waals surface area contributed by atoms with Crippen molar-refractivity contribution < 1.29 is 4.74 Å². The second-order valence-corrected chi connectivity index (χ2v) is 3.83. The zero-order chi connectivity index (χ0) is 11.3. The van der Waals surface area contributed by atoms with E-state index in [-0.39, 0.29) is 0 Å². The fourth-order valence-corrected chi connectivity index (χ4v) is 1.62. The lowest BCUT2D eigenvalue weighted by molar-refractivity contribution is 0.185. The van der Waals surface area contributed by atoms with Gasteiger partial charge < -0.3 is 9.30 Å². The Balaban J connectivity index is 2.89. The van der Waals surface area contributed by atoms with Gasteiger partial charge in [-0.3, -0.25) is 0 Å². The highest BCUT2D eigenvalue weighted by atomic mass is 35.5. The van der Waals surface area contributed by atoms with Crippen LogP contribution in [0.15, 0.2) is 0 Å². The van der Waals surface area contributed by atoms with Crippen LogP contribution >= 0.6 is 11.6 Å². The Hall–Kier alpha value is -0.610. The minimum Gasteiger partial charge on any atom is -0.383 e. The Labute approximate surface area is 95.6 Å². The molecule has 4 nitrogen and oxygen atoms in total. The molecular weight excluding hydrogens is 214 g/mol. The maximum atomic E-state index is 5.81. The average molecular weight is 232 g/mol. The summed E-state index contributed by atoms with van der Waals surface area (Å²) >= 11 is 5.81. The molecule has 0 bridgehead atoms. The van der Waals surface area contributed by atoms with Gasteiger partial charge in [-0.25, -0.2) is 0 Å². The molecule has 5 heteroatoms. The van der Waals surface area contributed by atoms with Crippen LogP contribution in [0, 0.1) is 0 Å². The molecule has 0 amide bonds. The zero-order valence-electron chi connectivity index (χ0n) is 9.53. The molecule has 0 aliphatic heterocycles. The van der Waals surface area contributed by atoms with Crippen LogP contribution in [-0.4, -0.2) is 28.5 Å². The van der Waals surface area contributed by atoms with Gasteiger partial charge in [0, 0.05) is 19.6 Å². The fourth-order valence-electron chi connectivity index (χ4n) is 1.42. The monoisotopic (exact) mass is 231 g/mol. The van der Waals surface area contributed by atoms with Crippen molar-refractivity contribution in [3.05, 3.63) is 11.6 Å². The molecule has 1 rings (SSSR count). The van der Waals surface area contributed by atoms with Crippen molar-refractivity contribution in [2.45, 2.75) is 38.6 Å². The molecule has 0 saturated carbocycles. The smallest absolute Gasteiger partial charge is 0.148 e. The Morgan fingerprint density at radius 2 is 2.20 bits per heavy atom. The molecule has 0 aliphatic rings. The summed E-state index contributed by atoms with van der Waals surface area (Å²) in [6.07, 6.45) is 1.05. The van der Waals surface area contributed by atoms with Crippen molar-refractivity contribution in [2.24, 2.45) is 0 Å². The number of hydrogen-bond donors (Lipinski definition) is 0. The first-order chi connectivity index (χ1) is 7.24. The number of methoxy groups -OCH3 is 1. The van der Waals surface area contributed by atoms with Gasteiger partial charge in [0.25, 0.3) is 0 Å². The lowest BCUT2D eigenvalue weighted by Gasteiger charge is -2.12. The van der Waals surface area contributed by atoms with E-state index in [1.165, 1.54) is 0 Å². The van der Waals surface area contributed by atoms with E-state index in [0.717, 1.165) is 24.6 Å². The molecule has 15 heavy (non-hydrogen) atoms. The zero-order valence-corrected chi connectivity index (χ0v) is 10.3. The normalized spacial score (nSPS) is 13.1. The number of alkyl halides is 1. The van der Waals surface area contributed by atoms with Crippen LogP contribution in [0.2, 0.25) is 0 Å². The van der Waals surface area contributed by atoms with Gasteiger partial charge in [0.1, 0.15) is 11.6 Å². The molecule has 0 fully saturated rings. The molecule has 1 aromatic heterocycles. The van der Waals surface area contributed by atoms with Gasteiger partial charge in [-0.15, -0.1) is 21.8 Å². The highest BCUT2D eigenvalue weighted by Crippen LogP contribution is 2.18. The summed E-state index contributed by atoms with van der Waals surface area (Å²) in [4.78, 5) is 0. The molecule has 1 unspecified atom stereocenters. The van der Waals surface area contributed by atoms with Crippen molar-refractivity contribution in [2.75, 3.05) is 13.7 Å². The Morgan fingerprint density at radius 3 is 2.73 bits per heavy atom. The van der Waals surface area contributed by atoms with Crippen LogP contribution in [0.4, 0.5) is 0 Å². The third kappa shape index (κ3) is 2.92. The summed E-state index contributed by atoms with van der Waals surface area (Å²) in [6.45, 7) is 5.71. The van der Waals surface area contributed by atoms with Crippen molar-refractivity contribution in [1.82, 2.24) is 14.8 Å². The molecule has 1 heterocycles. The minimum absolute atomic E-state index is 0.396. The van der Waals surface area contributed by atoms with E-state index in [9.17, 15) is 0 Å². The molecular formula is C10H18ClN3O. The summed E-state index contributed by atoms with van der Waals surface area (Å²) in [5.41, 5.74) is 0. The van der Waals surface area contributed by atoms with Crippen molar-refractivity contribution in [1.29, 1.82) is 0 Å². The highest BCUT2D eigenvalue weighted by molar-refractivity contribution is 6.16. The van der Waals surface area contributed by atoms with Crippen LogP contribution in [0.3, 0.4) is 0 Å². The van der Waals surface area contributed by atoms with Crippen molar-refractivity contribution in [3.8, 4) is 0 Å². The van der Waals surface area contributed by atoms with E-state index in [4.69, 9.17) is 16.3 Å². The van der Waals surface area contributed by atoms with Crippen LogP contribution in [-0.2, 0) is 17.2 Å². The van der Waals surface area contributed by atoms with Crippen molar-refractivity contribution in [3.63, 3.8) is 0 Å². The summed E-state index contributed by atoms with van der Waals surface area (Å²) in [5.74, 6) is 2.63. The predicted molar refractivity (Wildman–Crippen MR) is 60.2 cm³/mol. The predicted octanol–water partition coefficient (Wildman–Crippen LogP) is 2.18. The second kappa shape index (κ2) is 6.08. The van der Waals surface area contributed by atoms with E-state index < -0.39 is 0 Å². The highest BCUT2D eigenvalue weighted by Gasteiger charge is 2.15. The second-order valence-electron chi connectivity index (χ2n) is 3.56. The SMILES string of the molecule is CCC(C)c1nnc(CCl)n1CCOC. The first-order valence-electron chi connectivity index (χ1n) is 5.21. The Bertz CT molecular complexity index is 301. The van der Waals surface area contributed by atoms with E-state index in [1.54, 1.807) is 7.11 Å². The summed E-state index contributed by atoms with van der Waals surface area (Å²) in [5, 5.41) is 8.27. The standard InChI is InChI=1S/C10H18ClN3O/c1-4-8(2)10-13-12-9(7-11)14(10)5-6-15-3/h8H,4-7H2,1-3H3. The first-order valence-corrected chi connectivity index (χ1v) is 5.74. The molecule has 0 aromatic carbocycles. The number of ether oxygens (including phenoxy) is 1. The van der Waals surface area contributed by atoms with Gasteiger partial charge in [0.15, 0.2) is 0 Å². The van der Waals surface area contributed by atoms with Gasteiger partial charge in [0.2, 0.25) is 0 Å². The summed E-state index contributed by atoms with van der Waals surface area (Å²) in [6, 6.07) is 0. The third-order valence-electron chi connectivity index (χ3n) is 2.55. The maximum absolute atomic E-state index is 5.81. The first kappa shape index (κ1) is 12.5. The molecule has 0 aliphatic carbocycles. The molecule has 0 radical (unpaired) electrons. The van der Waals surface area contributed by atoms with Gasteiger partial charge in [0.05, 0.1) is 12.5 Å². The minimum atomic E-state index is 0.396. The summed E-state index contributed by atoms with van der Waals surface area (Å²) < 4.78 is 7.12. The largest absolute Gasteiger partial charge is 0.383 e. The number of hydrogen-bond acceptors (Lipinski definition) is 3. The lowest BCUT2D eigenvalue weighted by Crippen LogP contribution is -2.12. The van der Waals surface area contributed by atoms with E-state index in [1.807, 2.05) is 0 Å². The summed E-state index contributed by atoms with van der Waals surface area (Å²) in [7, 11) is 1.69. The Kier molecular flexibility index (Phi) is 5.05. The number of aromatic nitrogens is 3. The molecule has 86 valence electrons. The molecule has 1 aromatic rings. The fraction of sp³-hybridized carbons (Fsp3) is 0.800. The van der Waals surface area contributed by atoms with E-state index >= 15 is 0 Å². The quantitative estimate of drug-likeness (QED) is 0.705. The van der Waals surface area contributed by atoms with Gasteiger partial charge in [-0.05, 0) is 6.42 Å². The van der Waals surface area contributed by atoms with Gasteiger partial charge in [-0.1, -0.05) is 13.8 Å². The van der Waals surface area contributed by atoms with Crippen LogP contribution in [0.1, 0.15) is 37.8 Å². The number of halogens is 1. The Morgan fingerprint density at radius 1 is 1.47 bits per heavy atom. The van der Waals surface area contributed by atoms with Gasteiger partial charge in [-0.2, -0.15) is 0 Å². The molecule has 0 N–H and O–H groups in total. The van der Waals surface area contributed by atoms with Crippen LogP contribution < -0.4 is 0 Å². The molecule has 0 spiro atoms. The number of rotatable bonds is 6. The van der Waals surface area contributed by atoms with E-state index in [2.05, 4.69) is 28.6 Å². The molecule has 0 saturated heterocycles. The van der Waals surface area contributed by atoms with Crippen LogP contribution in [0.25, 0.3) is 0 Å². The molecule has 1 atom stereocenters. The topological polar surface area (TPSA) is 39.9 Å². The number of nitrogens with zero attached hydrogens (tertiary/aromatic N) is 3. The van der Waals surface area contributed by atoms with Gasteiger partial charge >= 0.3 is 0 Å². The average Bonchev–Trinajstić information content (AvgIpc) is 2.67. The lowest BCUT2D eigenvalue weighted by atomic mass is 10.1. The van der Waals surface area contributed by atoms with Crippen molar-refractivity contribution >= 4 is 11.6 Å². The van der Waals surface area contributed by atoms with E-state index in [0.29, 0.717) is 18.4 Å².